The van der Waals surface area contributed by atoms with Gasteiger partial charge < -0.3 is 16.0 Å². The Bertz CT molecular complexity index is 254. The third-order valence-corrected chi connectivity index (χ3v) is 3.48. The molecule has 0 unspecified atom stereocenters. The fourth-order valence-electron chi connectivity index (χ4n) is 1.84. The van der Waals surface area contributed by atoms with Gasteiger partial charge in [0.1, 0.15) is 0 Å². The van der Waals surface area contributed by atoms with Crippen molar-refractivity contribution in [1.82, 2.24) is 10.2 Å². The van der Waals surface area contributed by atoms with Crippen molar-refractivity contribution >= 4 is 11.8 Å². The van der Waals surface area contributed by atoms with Gasteiger partial charge in [-0.3, -0.25) is 9.59 Å². The monoisotopic (exact) mass is 243 g/mol. The molecule has 0 saturated heterocycles. The van der Waals surface area contributed by atoms with Crippen molar-refractivity contribution in [1.29, 1.82) is 0 Å². The Morgan fingerprint density at radius 1 is 1.24 bits per heavy atom. The highest BCUT2D eigenvalue weighted by atomic mass is 16.2. The molecular weight excluding hydrogens is 218 g/mol. The summed E-state index contributed by atoms with van der Waals surface area (Å²) in [5, 5.41) is 2.53. The first kappa shape index (κ1) is 15.9. The van der Waals surface area contributed by atoms with Crippen LogP contribution in [0, 0.1) is 5.41 Å². The van der Waals surface area contributed by atoms with Crippen molar-refractivity contribution in [3.8, 4) is 0 Å². The molecule has 0 bridgehead atoms. The lowest BCUT2D eigenvalue weighted by molar-refractivity contribution is -0.144. The molecule has 2 amide bonds. The van der Waals surface area contributed by atoms with E-state index in [2.05, 4.69) is 5.32 Å². The third kappa shape index (κ3) is 3.70. The van der Waals surface area contributed by atoms with Gasteiger partial charge >= 0.3 is 0 Å². The van der Waals surface area contributed by atoms with Crippen molar-refractivity contribution in [3.63, 3.8) is 0 Å². The van der Waals surface area contributed by atoms with E-state index in [0.717, 1.165) is 0 Å². The van der Waals surface area contributed by atoms with Crippen LogP contribution >= 0.6 is 0 Å². The lowest BCUT2D eigenvalue weighted by Gasteiger charge is -2.34. The summed E-state index contributed by atoms with van der Waals surface area (Å²) >= 11 is 0. The van der Waals surface area contributed by atoms with Crippen molar-refractivity contribution in [2.24, 2.45) is 11.1 Å². The van der Waals surface area contributed by atoms with E-state index in [0.29, 0.717) is 25.9 Å². The molecule has 0 heterocycles. The zero-order valence-electron chi connectivity index (χ0n) is 11.4. The van der Waals surface area contributed by atoms with Crippen LogP contribution in [0.3, 0.4) is 0 Å². The van der Waals surface area contributed by atoms with Crippen molar-refractivity contribution in [3.05, 3.63) is 0 Å². The first-order valence-electron chi connectivity index (χ1n) is 6.21. The molecule has 0 aliphatic heterocycles. The number of nitrogens with one attached hydrogen (secondary N) is 1. The Kier molecular flexibility index (Phi) is 6.80. The van der Waals surface area contributed by atoms with Crippen LogP contribution in [-0.2, 0) is 9.59 Å². The van der Waals surface area contributed by atoms with Gasteiger partial charge in [0.2, 0.25) is 11.8 Å². The van der Waals surface area contributed by atoms with E-state index in [1.807, 2.05) is 20.8 Å². The van der Waals surface area contributed by atoms with Crippen LogP contribution in [0.15, 0.2) is 0 Å². The summed E-state index contributed by atoms with van der Waals surface area (Å²) in [5.41, 5.74) is 5.21. The van der Waals surface area contributed by atoms with Crippen LogP contribution in [0.5, 0.6) is 0 Å². The molecule has 0 atom stereocenters. The number of amides is 2. The average Bonchev–Trinajstić information content (AvgIpc) is 2.38. The molecule has 5 nitrogen and oxygen atoms in total. The maximum absolute atomic E-state index is 12.4. The van der Waals surface area contributed by atoms with E-state index in [9.17, 15) is 9.59 Å². The first-order valence-corrected chi connectivity index (χ1v) is 6.21. The summed E-state index contributed by atoms with van der Waals surface area (Å²) in [6.07, 6.45) is 1.39. The maximum atomic E-state index is 12.4. The Hall–Kier alpha value is -1.10. The standard InChI is InChI=1S/C12H25N3O2/c1-5-12(6-2,9-13)11(17)15(7-3)8-10(16)14-4/h5-9,13H2,1-4H3,(H,14,16). The minimum atomic E-state index is -0.524. The molecule has 5 heteroatoms. The Labute approximate surface area is 104 Å². The smallest absolute Gasteiger partial charge is 0.239 e. The van der Waals surface area contributed by atoms with Crippen molar-refractivity contribution in [2.45, 2.75) is 33.6 Å². The molecular formula is C12H25N3O2. The molecule has 0 saturated carbocycles. The SMILES string of the molecule is CCN(CC(=O)NC)C(=O)C(CC)(CC)CN. The number of carbonyl (C=O) groups excluding carboxylic acids is 2. The van der Waals surface area contributed by atoms with E-state index in [1.54, 1.807) is 11.9 Å². The van der Waals surface area contributed by atoms with Gasteiger partial charge in [0.15, 0.2) is 0 Å². The molecule has 0 aromatic carbocycles. The molecule has 0 radical (unpaired) electrons. The number of likely N-dealkylation sites (N-methyl/N-ethyl adjacent to an activating group) is 2. The molecule has 0 rings (SSSR count). The predicted molar refractivity (Wildman–Crippen MR) is 68.4 cm³/mol. The van der Waals surface area contributed by atoms with E-state index < -0.39 is 5.41 Å². The summed E-state index contributed by atoms with van der Waals surface area (Å²) in [7, 11) is 1.57. The number of nitrogens with zero attached hydrogens (tertiary/aromatic N) is 1. The van der Waals surface area contributed by atoms with Crippen LogP contribution < -0.4 is 11.1 Å². The summed E-state index contributed by atoms with van der Waals surface area (Å²) in [4.78, 5) is 25.3. The number of rotatable bonds is 7. The van der Waals surface area contributed by atoms with Crippen LogP contribution in [0.4, 0.5) is 0 Å². The van der Waals surface area contributed by atoms with E-state index >= 15 is 0 Å². The van der Waals surface area contributed by atoms with E-state index in [4.69, 9.17) is 5.73 Å². The summed E-state index contributed by atoms with van der Waals surface area (Å²) in [6, 6.07) is 0. The number of hydrogen-bond acceptors (Lipinski definition) is 3. The second kappa shape index (κ2) is 7.27. The highest BCUT2D eigenvalue weighted by Crippen LogP contribution is 2.27. The normalized spacial score (nSPS) is 11.1. The van der Waals surface area contributed by atoms with Gasteiger partial charge in [0.05, 0.1) is 12.0 Å². The van der Waals surface area contributed by atoms with Crippen molar-refractivity contribution in [2.75, 3.05) is 26.7 Å². The minimum Gasteiger partial charge on any atom is -0.358 e. The average molecular weight is 243 g/mol. The van der Waals surface area contributed by atoms with Gasteiger partial charge in [-0.2, -0.15) is 0 Å². The molecule has 0 spiro atoms. The summed E-state index contributed by atoms with van der Waals surface area (Å²) in [5.74, 6) is -0.172. The quantitative estimate of drug-likeness (QED) is 0.677. The molecule has 0 aliphatic rings. The fourth-order valence-corrected chi connectivity index (χ4v) is 1.84. The number of hydrogen-bond donors (Lipinski definition) is 2. The largest absolute Gasteiger partial charge is 0.358 e. The summed E-state index contributed by atoms with van der Waals surface area (Å²) in [6.45, 7) is 6.74. The number of carbonyl (C=O) groups is 2. The van der Waals surface area contributed by atoms with Crippen molar-refractivity contribution < 1.29 is 9.59 Å². The van der Waals surface area contributed by atoms with E-state index in [1.165, 1.54) is 0 Å². The van der Waals surface area contributed by atoms with Crippen LogP contribution in [-0.4, -0.2) is 43.4 Å². The minimum absolute atomic E-state index is 0.0175. The fraction of sp³-hybridized carbons (Fsp3) is 0.833. The first-order chi connectivity index (χ1) is 8.01. The Morgan fingerprint density at radius 2 is 1.76 bits per heavy atom. The van der Waals surface area contributed by atoms with Gasteiger partial charge in [-0.05, 0) is 19.8 Å². The zero-order valence-corrected chi connectivity index (χ0v) is 11.4. The number of nitrogens with two attached hydrogens (primary N) is 1. The zero-order chi connectivity index (χ0) is 13.5. The van der Waals surface area contributed by atoms with Gasteiger partial charge in [-0.25, -0.2) is 0 Å². The third-order valence-electron chi connectivity index (χ3n) is 3.48. The Balaban J connectivity index is 4.88. The van der Waals surface area contributed by atoms with Crippen LogP contribution in [0.1, 0.15) is 33.6 Å². The second-order valence-corrected chi connectivity index (χ2v) is 4.18. The molecule has 0 aliphatic carbocycles. The molecule has 0 fully saturated rings. The molecule has 3 N–H and O–H groups in total. The van der Waals surface area contributed by atoms with E-state index in [-0.39, 0.29) is 18.4 Å². The second-order valence-electron chi connectivity index (χ2n) is 4.18. The Morgan fingerprint density at radius 3 is 2.06 bits per heavy atom. The van der Waals surface area contributed by atoms with Gasteiger partial charge in [0, 0.05) is 20.1 Å². The van der Waals surface area contributed by atoms with Gasteiger partial charge in [0.25, 0.3) is 0 Å². The topological polar surface area (TPSA) is 75.4 Å². The van der Waals surface area contributed by atoms with Gasteiger partial charge in [-0.15, -0.1) is 0 Å². The molecule has 100 valence electrons. The van der Waals surface area contributed by atoms with Crippen LogP contribution in [0.2, 0.25) is 0 Å². The van der Waals surface area contributed by atoms with Gasteiger partial charge in [-0.1, -0.05) is 13.8 Å². The maximum Gasteiger partial charge on any atom is 0.239 e. The lowest BCUT2D eigenvalue weighted by Crippen LogP contribution is -2.50. The highest BCUT2D eigenvalue weighted by molar-refractivity contribution is 5.88. The lowest BCUT2D eigenvalue weighted by atomic mass is 9.81. The highest BCUT2D eigenvalue weighted by Gasteiger charge is 2.36. The summed E-state index contributed by atoms with van der Waals surface area (Å²) < 4.78 is 0. The van der Waals surface area contributed by atoms with Crippen LogP contribution in [0.25, 0.3) is 0 Å². The molecule has 17 heavy (non-hydrogen) atoms. The molecule has 0 aromatic heterocycles. The molecule has 0 aromatic rings. The predicted octanol–water partition coefficient (Wildman–Crippen LogP) is 0.346.